The molecule has 1 aromatic heterocycles. The lowest BCUT2D eigenvalue weighted by atomic mass is 10.1. The van der Waals surface area contributed by atoms with Crippen molar-refractivity contribution in [1.82, 2.24) is 4.98 Å². The smallest absolute Gasteiger partial charge is 0.176 e. The minimum absolute atomic E-state index is 0.0140. The number of Topliss-reactive ketones (excluding diaryl/α,β-unsaturated/α-hetero) is 1. The minimum Gasteiger partial charge on any atom is -0.324 e. The molecule has 0 spiro atoms. The summed E-state index contributed by atoms with van der Waals surface area (Å²) in [6.45, 7) is 0.0140. The van der Waals surface area contributed by atoms with Crippen molar-refractivity contribution in [3.05, 3.63) is 76.4 Å². The molecule has 2 N–H and O–H groups in total. The number of nitrogens with two attached hydrogens (primary N) is 1. The van der Waals surface area contributed by atoms with E-state index >= 15 is 0 Å². The van der Waals surface area contributed by atoms with Crippen LogP contribution >= 0.6 is 11.6 Å². The van der Waals surface area contributed by atoms with E-state index in [9.17, 15) is 4.79 Å². The van der Waals surface area contributed by atoms with Gasteiger partial charge in [-0.05, 0) is 35.9 Å². The predicted octanol–water partition coefficient (Wildman–Crippen LogP) is 4.20. The largest absolute Gasteiger partial charge is 0.324 e. The molecule has 0 aliphatic rings. The zero-order valence-electron chi connectivity index (χ0n) is 12.4. The number of carbonyl (C=O) groups is 1. The summed E-state index contributed by atoms with van der Waals surface area (Å²) in [6, 6.07) is 17.0. The average Bonchev–Trinajstić information content (AvgIpc) is 2.59. The molecule has 0 atom stereocenters. The number of aromatic nitrogens is 1. The van der Waals surface area contributed by atoms with Crippen molar-refractivity contribution in [2.45, 2.75) is 0 Å². The summed E-state index contributed by atoms with van der Waals surface area (Å²) < 4.78 is 0. The second kappa shape index (κ2) is 6.73. The maximum atomic E-state index is 11.6. The van der Waals surface area contributed by atoms with E-state index in [0.717, 1.165) is 22.2 Å². The number of rotatable bonds is 4. The van der Waals surface area contributed by atoms with Crippen LogP contribution in [0.3, 0.4) is 0 Å². The summed E-state index contributed by atoms with van der Waals surface area (Å²) in [6.07, 6.45) is 3.83. The Hall–Kier alpha value is -2.49. The van der Waals surface area contributed by atoms with Gasteiger partial charge in [-0.2, -0.15) is 0 Å². The Labute approximate surface area is 139 Å². The third-order valence-electron chi connectivity index (χ3n) is 3.52. The summed E-state index contributed by atoms with van der Waals surface area (Å²) in [7, 11) is 0. The summed E-state index contributed by atoms with van der Waals surface area (Å²) in [5, 5.41) is 1.71. The fourth-order valence-electron chi connectivity index (χ4n) is 2.31. The topological polar surface area (TPSA) is 56.0 Å². The van der Waals surface area contributed by atoms with Crippen LogP contribution in [0.1, 0.15) is 21.6 Å². The van der Waals surface area contributed by atoms with Crippen LogP contribution in [0, 0.1) is 0 Å². The number of carbonyl (C=O) groups excluding carboxylic acids is 1. The van der Waals surface area contributed by atoms with Gasteiger partial charge in [-0.25, -0.2) is 4.98 Å². The van der Waals surface area contributed by atoms with Crippen LogP contribution in [0.2, 0.25) is 5.02 Å². The Bertz CT molecular complexity index is 903. The zero-order chi connectivity index (χ0) is 16.2. The summed E-state index contributed by atoms with van der Waals surface area (Å²) in [5.41, 5.74) is 8.62. The van der Waals surface area contributed by atoms with E-state index < -0.39 is 0 Å². The highest BCUT2D eigenvalue weighted by Gasteiger charge is 2.02. The number of ketones is 1. The Morgan fingerprint density at radius 2 is 1.91 bits per heavy atom. The maximum Gasteiger partial charge on any atom is 0.176 e. The third-order valence-corrected chi connectivity index (χ3v) is 3.75. The van der Waals surface area contributed by atoms with Gasteiger partial charge >= 0.3 is 0 Å². The number of hydrogen-bond donors (Lipinski definition) is 1. The molecular weight excluding hydrogens is 308 g/mol. The first-order chi connectivity index (χ1) is 11.2. The summed E-state index contributed by atoms with van der Waals surface area (Å²) in [5.74, 6) is -0.0706. The van der Waals surface area contributed by atoms with E-state index in [1.165, 1.54) is 0 Å². The minimum atomic E-state index is -0.0706. The molecule has 0 saturated heterocycles. The van der Waals surface area contributed by atoms with E-state index in [-0.39, 0.29) is 12.3 Å². The third kappa shape index (κ3) is 3.65. The van der Waals surface area contributed by atoms with E-state index in [1.54, 1.807) is 6.07 Å². The van der Waals surface area contributed by atoms with Crippen LogP contribution < -0.4 is 5.73 Å². The van der Waals surface area contributed by atoms with E-state index in [0.29, 0.717) is 10.6 Å². The van der Waals surface area contributed by atoms with E-state index in [2.05, 4.69) is 4.98 Å². The van der Waals surface area contributed by atoms with Crippen LogP contribution in [-0.2, 0) is 0 Å². The second-order valence-corrected chi connectivity index (χ2v) is 5.60. The molecule has 1 heterocycles. The molecule has 0 bridgehead atoms. The van der Waals surface area contributed by atoms with E-state index in [4.69, 9.17) is 17.3 Å². The molecule has 114 valence electrons. The molecular formula is C19H15ClN2O. The van der Waals surface area contributed by atoms with Crippen LogP contribution in [0.4, 0.5) is 0 Å². The highest BCUT2D eigenvalue weighted by molar-refractivity contribution is 6.31. The lowest BCUT2D eigenvalue weighted by Gasteiger charge is -2.01. The molecule has 23 heavy (non-hydrogen) atoms. The van der Waals surface area contributed by atoms with Crippen molar-refractivity contribution >= 4 is 40.4 Å². The van der Waals surface area contributed by atoms with Gasteiger partial charge in [0.15, 0.2) is 5.78 Å². The second-order valence-electron chi connectivity index (χ2n) is 5.16. The van der Waals surface area contributed by atoms with Crippen LogP contribution in [0.25, 0.3) is 23.1 Å². The highest BCUT2D eigenvalue weighted by atomic mass is 35.5. The van der Waals surface area contributed by atoms with Gasteiger partial charge in [-0.3, -0.25) is 4.79 Å². The normalized spacial score (nSPS) is 11.2. The first-order valence-electron chi connectivity index (χ1n) is 7.23. The number of fused-ring (bicyclic) bond motifs is 1. The monoisotopic (exact) mass is 322 g/mol. The molecule has 0 saturated carbocycles. The number of halogens is 1. The number of nitrogens with zero attached hydrogens (tertiary/aromatic N) is 1. The number of hydrogen-bond acceptors (Lipinski definition) is 3. The maximum absolute atomic E-state index is 11.6. The fourth-order valence-corrected chi connectivity index (χ4v) is 2.48. The Kier molecular flexibility index (Phi) is 4.51. The molecule has 3 nitrogen and oxygen atoms in total. The molecule has 0 amide bonds. The van der Waals surface area contributed by atoms with Gasteiger partial charge < -0.3 is 5.73 Å². The lowest BCUT2D eigenvalue weighted by Crippen LogP contribution is -2.13. The number of pyridine rings is 1. The first-order valence-corrected chi connectivity index (χ1v) is 7.61. The van der Waals surface area contributed by atoms with Gasteiger partial charge in [-0.1, -0.05) is 48.0 Å². The van der Waals surface area contributed by atoms with Crippen LogP contribution in [0.15, 0.2) is 54.6 Å². The van der Waals surface area contributed by atoms with Gasteiger partial charge in [-0.15, -0.1) is 0 Å². The molecule has 0 radical (unpaired) electrons. The Balaban J connectivity index is 1.89. The van der Waals surface area contributed by atoms with Crippen molar-refractivity contribution < 1.29 is 4.79 Å². The van der Waals surface area contributed by atoms with Gasteiger partial charge in [0.05, 0.1) is 17.8 Å². The first kappa shape index (κ1) is 15.4. The summed E-state index contributed by atoms with van der Waals surface area (Å²) in [4.78, 5) is 16.2. The van der Waals surface area contributed by atoms with Crippen LogP contribution in [-0.4, -0.2) is 17.3 Å². The van der Waals surface area contributed by atoms with Gasteiger partial charge in [0.2, 0.25) is 0 Å². The molecule has 4 heteroatoms. The molecule has 3 rings (SSSR count). The standard InChI is InChI=1S/C19H15ClN2O/c20-16-7-5-14-6-9-17(22-18(14)11-16)8-4-13-2-1-3-15(10-13)19(23)12-21/h1-11H,12,21H2/b8-4+. The molecule has 2 aromatic carbocycles. The van der Waals surface area contributed by atoms with Crippen molar-refractivity contribution in [2.75, 3.05) is 6.54 Å². The Morgan fingerprint density at radius 1 is 1.09 bits per heavy atom. The van der Waals surface area contributed by atoms with Gasteiger partial charge in [0.25, 0.3) is 0 Å². The SMILES string of the molecule is NCC(=O)c1cccc(/C=C/c2ccc3ccc(Cl)cc3n2)c1. The zero-order valence-corrected chi connectivity index (χ0v) is 13.1. The highest BCUT2D eigenvalue weighted by Crippen LogP contribution is 2.19. The quantitative estimate of drug-likeness (QED) is 0.732. The fraction of sp³-hybridized carbons (Fsp3) is 0.0526. The van der Waals surface area contributed by atoms with E-state index in [1.807, 2.05) is 60.7 Å². The van der Waals surface area contributed by atoms with Gasteiger partial charge in [0, 0.05) is 16.0 Å². The molecule has 3 aromatic rings. The lowest BCUT2D eigenvalue weighted by molar-refractivity contribution is 0.100. The van der Waals surface area contributed by atoms with Crippen molar-refractivity contribution in [2.24, 2.45) is 5.73 Å². The molecule has 0 aliphatic heterocycles. The molecule has 0 unspecified atom stereocenters. The van der Waals surface area contributed by atoms with Crippen molar-refractivity contribution in [1.29, 1.82) is 0 Å². The van der Waals surface area contributed by atoms with Gasteiger partial charge in [0.1, 0.15) is 0 Å². The van der Waals surface area contributed by atoms with Crippen molar-refractivity contribution in [3.8, 4) is 0 Å². The molecule has 0 aliphatic carbocycles. The molecule has 0 fully saturated rings. The van der Waals surface area contributed by atoms with Crippen LogP contribution in [0.5, 0.6) is 0 Å². The summed E-state index contributed by atoms with van der Waals surface area (Å²) >= 11 is 6.00. The Morgan fingerprint density at radius 3 is 2.74 bits per heavy atom. The predicted molar refractivity (Wildman–Crippen MR) is 95.5 cm³/mol. The van der Waals surface area contributed by atoms with Crippen molar-refractivity contribution in [3.63, 3.8) is 0 Å². The number of benzene rings is 2. The average molecular weight is 323 g/mol.